The molecule has 0 N–H and O–H groups in total. The topological polar surface area (TPSA) is 74.0 Å². The molecule has 3 aromatic carbocycles. The Morgan fingerprint density at radius 3 is 2.12 bits per heavy atom. The normalized spacial score (nSPS) is 11.5. The van der Waals surface area contributed by atoms with Crippen LogP contribution < -0.4 is 9.47 Å². The second kappa shape index (κ2) is 14.7. The average molecular weight is 571 g/mol. The van der Waals surface area contributed by atoms with E-state index in [9.17, 15) is 4.79 Å². The summed E-state index contributed by atoms with van der Waals surface area (Å²) in [4.78, 5) is 19.6. The molecule has 7 heteroatoms. The molecule has 0 bridgehead atoms. The SMILES string of the molecule is CCN(CC)CCCOC(=O)C(C)(C)Oc1ccc(OCCc2nc(-c3ccc(-c4ccccc4)cc3)oc2C)cc1. The summed E-state index contributed by atoms with van der Waals surface area (Å²) in [5.74, 6) is 2.29. The molecule has 0 atom stereocenters. The van der Waals surface area contributed by atoms with Crippen molar-refractivity contribution in [2.24, 2.45) is 0 Å². The zero-order valence-corrected chi connectivity index (χ0v) is 25.4. The fourth-order valence-electron chi connectivity index (χ4n) is 4.59. The molecule has 0 radical (unpaired) electrons. The van der Waals surface area contributed by atoms with Gasteiger partial charge in [-0.1, -0.05) is 56.3 Å². The van der Waals surface area contributed by atoms with Gasteiger partial charge in [0.05, 0.1) is 18.9 Å². The maximum atomic E-state index is 12.6. The van der Waals surface area contributed by atoms with Crippen molar-refractivity contribution in [1.82, 2.24) is 9.88 Å². The van der Waals surface area contributed by atoms with Crippen molar-refractivity contribution in [3.05, 3.63) is 90.3 Å². The number of rotatable bonds is 15. The van der Waals surface area contributed by atoms with E-state index in [-0.39, 0.29) is 5.97 Å². The molecule has 0 fully saturated rings. The highest BCUT2D eigenvalue weighted by Crippen LogP contribution is 2.27. The van der Waals surface area contributed by atoms with Gasteiger partial charge in [-0.3, -0.25) is 0 Å². The van der Waals surface area contributed by atoms with Crippen LogP contribution in [-0.2, 0) is 16.0 Å². The Balaban J connectivity index is 1.24. The van der Waals surface area contributed by atoms with Crippen molar-refractivity contribution >= 4 is 5.97 Å². The Hall–Kier alpha value is -4.10. The van der Waals surface area contributed by atoms with E-state index in [4.69, 9.17) is 23.6 Å². The van der Waals surface area contributed by atoms with Crippen molar-refractivity contribution in [3.63, 3.8) is 0 Å². The lowest BCUT2D eigenvalue weighted by Gasteiger charge is -2.25. The largest absolute Gasteiger partial charge is 0.493 e. The molecule has 0 aliphatic rings. The second-order valence-electron chi connectivity index (χ2n) is 10.7. The predicted octanol–water partition coefficient (Wildman–Crippen LogP) is 7.37. The van der Waals surface area contributed by atoms with Crippen LogP contribution in [0.25, 0.3) is 22.6 Å². The van der Waals surface area contributed by atoms with E-state index >= 15 is 0 Å². The molecule has 42 heavy (non-hydrogen) atoms. The quantitative estimate of drug-likeness (QED) is 0.109. The van der Waals surface area contributed by atoms with Crippen LogP contribution in [-0.4, -0.2) is 54.3 Å². The van der Waals surface area contributed by atoms with Gasteiger partial charge in [-0.25, -0.2) is 9.78 Å². The third-order valence-corrected chi connectivity index (χ3v) is 7.17. The minimum absolute atomic E-state index is 0.377. The number of benzene rings is 3. The van der Waals surface area contributed by atoms with Gasteiger partial charge in [0.1, 0.15) is 17.3 Å². The number of oxazole rings is 1. The van der Waals surface area contributed by atoms with Gasteiger partial charge in [0.15, 0.2) is 5.60 Å². The fourth-order valence-corrected chi connectivity index (χ4v) is 4.59. The highest BCUT2D eigenvalue weighted by molar-refractivity contribution is 5.79. The van der Waals surface area contributed by atoms with Gasteiger partial charge >= 0.3 is 5.97 Å². The summed E-state index contributed by atoms with van der Waals surface area (Å²) in [5.41, 5.74) is 3.04. The molecule has 0 aliphatic heterocycles. The molecule has 0 aliphatic carbocycles. The van der Waals surface area contributed by atoms with Gasteiger partial charge in [-0.15, -0.1) is 0 Å². The van der Waals surface area contributed by atoms with E-state index in [1.165, 1.54) is 5.56 Å². The van der Waals surface area contributed by atoms with Gasteiger partial charge in [0.2, 0.25) is 5.89 Å². The van der Waals surface area contributed by atoms with E-state index in [0.717, 1.165) is 48.6 Å². The van der Waals surface area contributed by atoms with Gasteiger partial charge in [-0.2, -0.15) is 0 Å². The monoisotopic (exact) mass is 570 g/mol. The number of aromatic nitrogens is 1. The molecular weight excluding hydrogens is 528 g/mol. The van der Waals surface area contributed by atoms with E-state index in [0.29, 0.717) is 37.0 Å². The maximum Gasteiger partial charge on any atom is 0.349 e. The summed E-state index contributed by atoms with van der Waals surface area (Å²) < 4.78 is 23.3. The number of esters is 1. The van der Waals surface area contributed by atoms with Crippen LogP contribution in [0, 0.1) is 6.92 Å². The van der Waals surface area contributed by atoms with Gasteiger partial charge in [0.25, 0.3) is 0 Å². The predicted molar refractivity (Wildman–Crippen MR) is 166 cm³/mol. The number of hydrogen-bond donors (Lipinski definition) is 0. The third-order valence-electron chi connectivity index (χ3n) is 7.17. The summed E-state index contributed by atoms with van der Waals surface area (Å²) in [6, 6.07) is 25.8. The lowest BCUT2D eigenvalue weighted by atomic mass is 10.0. The molecule has 1 aromatic heterocycles. The molecule has 7 nitrogen and oxygen atoms in total. The summed E-state index contributed by atoms with van der Waals surface area (Å²) in [6.45, 7) is 13.3. The molecule has 0 unspecified atom stereocenters. The summed E-state index contributed by atoms with van der Waals surface area (Å²) in [6.07, 6.45) is 1.41. The number of hydrogen-bond acceptors (Lipinski definition) is 7. The molecule has 0 amide bonds. The third kappa shape index (κ3) is 8.46. The van der Waals surface area contributed by atoms with Crippen molar-refractivity contribution in [2.45, 2.75) is 53.1 Å². The number of nitrogens with zero attached hydrogens (tertiary/aromatic N) is 2. The van der Waals surface area contributed by atoms with Crippen molar-refractivity contribution in [2.75, 3.05) is 32.8 Å². The van der Waals surface area contributed by atoms with Crippen LogP contribution in [0.15, 0.2) is 83.3 Å². The lowest BCUT2D eigenvalue weighted by Crippen LogP contribution is -2.40. The molecule has 1 heterocycles. The lowest BCUT2D eigenvalue weighted by molar-refractivity contribution is -0.159. The average Bonchev–Trinajstić information content (AvgIpc) is 3.38. The number of aryl methyl sites for hydroxylation is 1. The highest BCUT2D eigenvalue weighted by atomic mass is 16.6. The summed E-state index contributed by atoms with van der Waals surface area (Å²) in [5, 5.41) is 0. The number of carbonyl (C=O) groups excluding carboxylic acids is 1. The molecule has 4 aromatic rings. The smallest absolute Gasteiger partial charge is 0.349 e. The Labute approximate surface area is 249 Å². The Bertz CT molecular complexity index is 1390. The van der Waals surface area contributed by atoms with Crippen LogP contribution in [0.1, 0.15) is 45.6 Å². The van der Waals surface area contributed by atoms with Crippen LogP contribution in [0.5, 0.6) is 11.5 Å². The van der Waals surface area contributed by atoms with Gasteiger partial charge in [-0.05, 0) is 87.8 Å². The first-order chi connectivity index (χ1) is 20.3. The molecule has 0 saturated carbocycles. The maximum absolute atomic E-state index is 12.6. The zero-order valence-electron chi connectivity index (χ0n) is 25.4. The highest BCUT2D eigenvalue weighted by Gasteiger charge is 2.31. The van der Waals surface area contributed by atoms with Crippen molar-refractivity contribution in [1.29, 1.82) is 0 Å². The first-order valence-electron chi connectivity index (χ1n) is 14.7. The van der Waals surface area contributed by atoms with Crippen LogP contribution in [0.3, 0.4) is 0 Å². The van der Waals surface area contributed by atoms with Crippen molar-refractivity contribution in [3.8, 4) is 34.1 Å². The van der Waals surface area contributed by atoms with Crippen molar-refractivity contribution < 1.29 is 23.4 Å². The Morgan fingerprint density at radius 1 is 0.833 bits per heavy atom. The van der Waals surface area contributed by atoms with E-state index in [1.807, 2.05) is 49.4 Å². The standard InChI is InChI=1S/C35H42N2O5/c1-6-37(7-2)23-11-24-40-34(38)35(4,5)42-31-20-18-30(19-21-31)39-25-22-32-26(3)41-33(36-32)29-16-14-28(15-17-29)27-12-9-8-10-13-27/h8-10,12-21H,6-7,11,22-25H2,1-5H3. The first-order valence-corrected chi connectivity index (χ1v) is 14.7. The summed E-state index contributed by atoms with van der Waals surface area (Å²) in [7, 11) is 0. The molecule has 0 spiro atoms. The van der Waals surface area contributed by atoms with E-state index in [2.05, 4.69) is 43.0 Å². The first kappa shape index (κ1) is 30.8. The number of carbonyl (C=O) groups is 1. The molecular formula is C35H42N2O5. The van der Waals surface area contributed by atoms with Crippen LogP contribution in [0.2, 0.25) is 0 Å². The Morgan fingerprint density at radius 2 is 1.45 bits per heavy atom. The number of ether oxygens (including phenoxy) is 3. The minimum atomic E-state index is -1.10. The van der Waals surface area contributed by atoms with E-state index in [1.54, 1.807) is 26.0 Å². The van der Waals surface area contributed by atoms with Gasteiger partial charge in [0, 0.05) is 18.5 Å². The van der Waals surface area contributed by atoms with E-state index < -0.39 is 5.60 Å². The van der Waals surface area contributed by atoms with Gasteiger partial charge < -0.3 is 23.5 Å². The zero-order chi connectivity index (χ0) is 30.0. The minimum Gasteiger partial charge on any atom is -0.493 e. The molecule has 222 valence electrons. The molecule has 0 saturated heterocycles. The Kier molecular flexibility index (Phi) is 10.8. The second-order valence-corrected chi connectivity index (χ2v) is 10.7. The van der Waals surface area contributed by atoms with Crippen LogP contribution >= 0.6 is 0 Å². The fraction of sp³-hybridized carbons (Fsp3) is 0.371. The van der Waals surface area contributed by atoms with Crippen LogP contribution in [0.4, 0.5) is 0 Å². The molecule has 4 rings (SSSR count). The summed E-state index contributed by atoms with van der Waals surface area (Å²) >= 11 is 0.